The fourth-order valence-corrected chi connectivity index (χ4v) is 3.30. The van der Waals surface area contributed by atoms with Crippen molar-refractivity contribution in [1.29, 1.82) is 0 Å². The molecule has 0 aliphatic carbocycles. The lowest BCUT2D eigenvalue weighted by Crippen LogP contribution is -2.42. The predicted octanol–water partition coefficient (Wildman–Crippen LogP) is 2.61. The Hall–Kier alpha value is -1.24. The number of carbonyl (C=O) groups is 3. The van der Waals surface area contributed by atoms with Gasteiger partial charge < -0.3 is 14.7 Å². The maximum absolute atomic E-state index is 12.4. The smallest absolute Gasteiger partial charge is 0.407 e. The molecule has 1 atom stereocenters. The quantitative estimate of drug-likeness (QED) is 0.797. The van der Waals surface area contributed by atoms with Gasteiger partial charge in [0.25, 0.3) is 0 Å². The highest BCUT2D eigenvalue weighted by Crippen LogP contribution is 2.30. The number of esters is 1. The van der Waals surface area contributed by atoms with Crippen molar-refractivity contribution in [3.8, 4) is 0 Å². The molecule has 1 unspecified atom stereocenters. The minimum absolute atomic E-state index is 0.0310. The summed E-state index contributed by atoms with van der Waals surface area (Å²) < 4.78 is 5.47. The summed E-state index contributed by atoms with van der Waals surface area (Å²) >= 11 is 1.12. The minimum Gasteiger partial charge on any atom is -0.465 e. The number of hydrogen-bond donors (Lipinski definition) is 1. The van der Waals surface area contributed by atoms with Gasteiger partial charge in [0.2, 0.25) is 0 Å². The molecule has 7 heteroatoms. The lowest BCUT2D eigenvalue weighted by molar-refractivity contribution is -0.161. The molecule has 6 nitrogen and oxygen atoms in total. The predicted molar refractivity (Wildman–Crippen MR) is 84.8 cm³/mol. The third-order valence-electron chi connectivity index (χ3n) is 3.55. The summed E-state index contributed by atoms with van der Waals surface area (Å²) in [7, 11) is 0. The van der Waals surface area contributed by atoms with E-state index in [4.69, 9.17) is 9.84 Å². The first kappa shape index (κ1) is 18.8. The first-order valence-electron chi connectivity index (χ1n) is 7.44. The van der Waals surface area contributed by atoms with Crippen LogP contribution in [0.15, 0.2) is 0 Å². The van der Waals surface area contributed by atoms with Gasteiger partial charge in [0.1, 0.15) is 5.60 Å². The number of carboxylic acid groups (broad SMARTS) is 1. The Balaban J connectivity index is 2.71. The van der Waals surface area contributed by atoms with E-state index < -0.39 is 11.7 Å². The number of rotatable bonds is 4. The number of piperidine rings is 1. The Kier molecular flexibility index (Phi) is 6.71. The van der Waals surface area contributed by atoms with Gasteiger partial charge in [-0.3, -0.25) is 9.59 Å². The van der Waals surface area contributed by atoms with Crippen LogP contribution in [0.3, 0.4) is 0 Å². The standard InChI is InChI=1S/C15H25NO5S/c1-10(17)22-9-12(13(18)21-15(2,3)4)11-5-7-16(8-6-11)14(19)20/h11-12H,5-9H2,1-4H3,(H,19,20). The Labute approximate surface area is 135 Å². The SMILES string of the molecule is CC(=O)SCC(C(=O)OC(C)(C)C)C1CCN(C(=O)O)CC1. The molecule has 1 N–H and O–H groups in total. The molecule has 1 fully saturated rings. The van der Waals surface area contributed by atoms with E-state index in [-0.39, 0.29) is 22.9 Å². The minimum atomic E-state index is -0.926. The average molecular weight is 331 g/mol. The van der Waals surface area contributed by atoms with Gasteiger partial charge in [0.15, 0.2) is 5.12 Å². The number of amides is 1. The van der Waals surface area contributed by atoms with Crippen LogP contribution >= 0.6 is 11.8 Å². The van der Waals surface area contributed by atoms with Crippen LogP contribution in [0.1, 0.15) is 40.5 Å². The molecule has 1 saturated heterocycles. The van der Waals surface area contributed by atoms with Crippen molar-refractivity contribution in [2.24, 2.45) is 11.8 Å². The van der Waals surface area contributed by atoms with E-state index in [0.717, 1.165) is 11.8 Å². The molecule has 1 amide bonds. The van der Waals surface area contributed by atoms with Gasteiger partial charge >= 0.3 is 12.1 Å². The molecule has 0 aromatic carbocycles. The van der Waals surface area contributed by atoms with Crippen LogP contribution in [0.5, 0.6) is 0 Å². The fraction of sp³-hybridized carbons (Fsp3) is 0.800. The van der Waals surface area contributed by atoms with E-state index >= 15 is 0 Å². The highest BCUT2D eigenvalue weighted by atomic mass is 32.2. The van der Waals surface area contributed by atoms with Gasteiger partial charge in [-0.05, 0) is 39.5 Å². The largest absolute Gasteiger partial charge is 0.465 e. The van der Waals surface area contributed by atoms with Crippen molar-refractivity contribution >= 4 is 28.9 Å². The molecule has 0 saturated carbocycles. The second kappa shape index (κ2) is 7.85. The van der Waals surface area contributed by atoms with Gasteiger partial charge in [-0.2, -0.15) is 0 Å². The Morgan fingerprint density at radius 1 is 1.27 bits per heavy atom. The first-order chi connectivity index (χ1) is 10.1. The Morgan fingerprint density at radius 2 is 1.82 bits per heavy atom. The number of thioether (sulfide) groups is 1. The van der Waals surface area contributed by atoms with E-state index in [0.29, 0.717) is 31.7 Å². The van der Waals surface area contributed by atoms with Gasteiger partial charge in [-0.1, -0.05) is 11.8 Å². The maximum atomic E-state index is 12.4. The van der Waals surface area contributed by atoms with Crippen LogP contribution in [0, 0.1) is 11.8 Å². The van der Waals surface area contributed by atoms with Crippen molar-refractivity contribution in [2.45, 2.75) is 46.1 Å². The summed E-state index contributed by atoms with van der Waals surface area (Å²) in [4.78, 5) is 35.9. The fourth-order valence-electron chi connectivity index (χ4n) is 2.47. The highest BCUT2D eigenvalue weighted by Gasteiger charge is 2.35. The number of ether oxygens (including phenoxy) is 1. The summed E-state index contributed by atoms with van der Waals surface area (Å²) in [6.45, 7) is 7.76. The lowest BCUT2D eigenvalue weighted by Gasteiger charge is -2.34. The molecule has 0 aromatic heterocycles. The van der Waals surface area contributed by atoms with Gasteiger partial charge in [-0.15, -0.1) is 0 Å². The van der Waals surface area contributed by atoms with Crippen molar-refractivity contribution in [3.63, 3.8) is 0 Å². The van der Waals surface area contributed by atoms with E-state index in [1.54, 1.807) is 0 Å². The third kappa shape index (κ3) is 6.25. The van der Waals surface area contributed by atoms with Crippen LogP contribution in [-0.4, -0.2) is 51.6 Å². The van der Waals surface area contributed by atoms with Gasteiger partial charge in [0.05, 0.1) is 5.92 Å². The molecule has 1 heterocycles. The molecule has 0 bridgehead atoms. The first-order valence-corrected chi connectivity index (χ1v) is 8.43. The molecule has 0 radical (unpaired) electrons. The zero-order chi connectivity index (χ0) is 16.9. The van der Waals surface area contributed by atoms with Gasteiger partial charge in [-0.25, -0.2) is 4.79 Å². The summed E-state index contributed by atoms with van der Waals surface area (Å²) in [6, 6.07) is 0. The number of carbonyl (C=O) groups excluding carboxylic acids is 2. The third-order valence-corrected chi connectivity index (χ3v) is 4.49. The molecule has 1 aliphatic rings. The average Bonchev–Trinajstić information content (AvgIpc) is 2.37. The number of likely N-dealkylation sites (tertiary alicyclic amines) is 1. The summed E-state index contributed by atoms with van der Waals surface area (Å²) in [5, 5.41) is 8.96. The van der Waals surface area contributed by atoms with Crippen LogP contribution < -0.4 is 0 Å². The zero-order valence-electron chi connectivity index (χ0n) is 13.6. The van der Waals surface area contributed by atoms with Crippen LogP contribution in [-0.2, 0) is 14.3 Å². The second-order valence-electron chi connectivity index (χ2n) is 6.55. The van der Waals surface area contributed by atoms with Gasteiger partial charge in [0, 0.05) is 25.8 Å². The normalized spacial score (nSPS) is 17.9. The highest BCUT2D eigenvalue weighted by molar-refractivity contribution is 8.13. The lowest BCUT2D eigenvalue weighted by atomic mass is 9.85. The van der Waals surface area contributed by atoms with E-state index in [1.165, 1.54) is 11.8 Å². The van der Waals surface area contributed by atoms with E-state index in [2.05, 4.69) is 0 Å². The molecular formula is C15H25NO5S. The molecule has 22 heavy (non-hydrogen) atoms. The summed E-state index contributed by atoms with van der Waals surface area (Å²) in [6.07, 6.45) is 0.314. The second-order valence-corrected chi connectivity index (χ2v) is 7.75. The molecule has 1 aliphatic heterocycles. The molecule has 1 rings (SSSR count). The topological polar surface area (TPSA) is 83.9 Å². The molecule has 0 aromatic rings. The molecule has 126 valence electrons. The van der Waals surface area contributed by atoms with Crippen molar-refractivity contribution in [3.05, 3.63) is 0 Å². The van der Waals surface area contributed by atoms with E-state index in [1.807, 2.05) is 20.8 Å². The van der Waals surface area contributed by atoms with Crippen LogP contribution in [0.25, 0.3) is 0 Å². The number of hydrogen-bond acceptors (Lipinski definition) is 5. The van der Waals surface area contributed by atoms with Crippen molar-refractivity contribution in [1.82, 2.24) is 4.90 Å². The Bertz CT molecular complexity index is 424. The van der Waals surface area contributed by atoms with Crippen molar-refractivity contribution in [2.75, 3.05) is 18.8 Å². The molecular weight excluding hydrogens is 306 g/mol. The zero-order valence-corrected chi connectivity index (χ0v) is 14.4. The van der Waals surface area contributed by atoms with Crippen LogP contribution in [0.2, 0.25) is 0 Å². The molecule has 0 spiro atoms. The maximum Gasteiger partial charge on any atom is 0.407 e. The van der Waals surface area contributed by atoms with Crippen molar-refractivity contribution < 1.29 is 24.2 Å². The summed E-state index contributed by atoms with van der Waals surface area (Å²) in [5.41, 5.74) is -0.571. The van der Waals surface area contributed by atoms with E-state index in [9.17, 15) is 14.4 Å². The number of nitrogens with zero attached hydrogens (tertiary/aromatic N) is 1. The Morgan fingerprint density at radius 3 is 2.23 bits per heavy atom. The van der Waals surface area contributed by atoms with Crippen LogP contribution in [0.4, 0.5) is 4.79 Å². The monoisotopic (exact) mass is 331 g/mol. The summed E-state index contributed by atoms with van der Waals surface area (Å²) in [5.74, 6) is -0.224.